The summed E-state index contributed by atoms with van der Waals surface area (Å²) in [7, 11) is 2.17. The molecule has 0 saturated carbocycles. The molecule has 0 aromatic carbocycles. The lowest BCUT2D eigenvalue weighted by molar-refractivity contribution is 0.0691. The van der Waals surface area contributed by atoms with Crippen molar-refractivity contribution in [1.82, 2.24) is 14.5 Å². The molecule has 1 fully saturated rings. The average molecular weight is 237 g/mol. The molecule has 0 spiro atoms. The summed E-state index contributed by atoms with van der Waals surface area (Å²) < 4.78 is 1.87. The van der Waals surface area contributed by atoms with E-state index in [4.69, 9.17) is 5.11 Å². The molecule has 2 rings (SSSR count). The Bertz CT molecular complexity index is 389. The number of carbonyl (C=O) groups is 1. The number of rotatable bonds is 4. The van der Waals surface area contributed by atoms with Gasteiger partial charge in [0.1, 0.15) is 0 Å². The summed E-state index contributed by atoms with van der Waals surface area (Å²) in [5, 5.41) is 8.77. The van der Waals surface area contributed by atoms with Crippen LogP contribution in [0.5, 0.6) is 0 Å². The van der Waals surface area contributed by atoms with Crippen molar-refractivity contribution in [2.45, 2.75) is 38.3 Å². The van der Waals surface area contributed by atoms with Gasteiger partial charge in [0, 0.05) is 18.8 Å². The van der Waals surface area contributed by atoms with Crippen LogP contribution < -0.4 is 0 Å². The standard InChI is InChI=1S/C12H19N3O2/c1-14-6-3-2-4-10(14)5-7-15-8-11(12(16)17)13-9-15/h8-10H,2-7H2,1H3,(H,16,17). The van der Waals surface area contributed by atoms with Crippen LogP contribution in [0, 0.1) is 0 Å². The predicted molar refractivity (Wildman–Crippen MR) is 64.1 cm³/mol. The van der Waals surface area contributed by atoms with Gasteiger partial charge in [-0.25, -0.2) is 9.78 Å². The number of aromatic nitrogens is 2. The van der Waals surface area contributed by atoms with Crippen molar-refractivity contribution in [1.29, 1.82) is 0 Å². The summed E-state index contributed by atoms with van der Waals surface area (Å²) in [5.41, 5.74) is 0.127. The summed E-state index contributed by atoms with van der Waals surface area (Å²) in [6.07, 6.45) is 8.11. The van der Waals surface area contributed by atoms with E-state index in [1.165, 1.54) is 25.8 Å². The van der Waals surface area contributed by atoms with Crippen LogP contribution in [0.25, 0.3) is 0 Å². The van der Waals surface area contributed by atoms with E-state index in [1.807, 2.05) is 4.57 Å². The number of nitrogens with zero attached hydrogens (tertiary/aromatic N) is 3. The van der Waals surface area contributed by atoms with Gasteiger partial charge in [-0.15, -0.1) is 0 Å². The van der Waals surface area contributed by atoms with Gasteiger partial charge in [0.25, 0.3) is 0 Å². The first-order chi connectivity index (χ1) is 8.16. The van der Waals surface area contributed by atoms with E-state index in [-0.39, 0.29) is 5.69 Å². The maximum absolute atomic E-state index is 10.7. The van der Waals surface area contributed by atoms with Gasteiger partial charge in [-0.05, 0) is 32.9 Å². The molecule has 1 aromatic rings. The Morgan fingerprint density at radius 1 is 1.59 bits per heavy atom. The molecule has 94 valence electrons. The van der Waals surface area contributed by atoms with Crippen molar-refractivity contribution in [3.63, 3.8) is 0 Å². The van der Waals surface area contributed by atoms with Gasteiger partial charge < -0.3 is 14.6 Å². The second-order valence-electron chi connectivity index (χ2n) is 4.72. The highest BCUT2D eigenvalue weighted by Crippen LogP contribution is 2.18. The summed E-state index contributed by atoms with van der Waals surface area (Å²) in [6.45, 7) is 2.02. The normalized spacial score (nSPS) is 21.6. The molecule has 5 nitrogen and oxygen atoms in total. The number of hydrogen-bond donors (Lipinski definition) is 1. The third-order valence-electron chi connectivity index (χ3n) is 3.49. The Hall–Kier alpha value is -1.36. The van der Waals surface area contributed by atoms with Crippen LogP contribution in [0.4, 0.5) is 0 Å². The summed E-state index contributed by atoms with van der Waals surface area (Å²) in [5.74, 6) is -0.960. The van der Waals surface area contributed by atoms with E-state index in [2.05, 4.69) is 16.9 Å². The molecule has 5 heteroatoms. The van der Waals surface area contributed by atoms with Gasteiger partial charge in [-0.1, -0.05) is 6.42 Å². The van der Waals surface area contributed by atoms with E-state index in [1.54, 1.807) is 12.5 Å². The first-order valence-corrected chi connectivity index (χ1v) is 6.12. The van der Waals surface area contributed by atoms with Gasteiger partial charge in [-0.3, -0.25) is 0 Å². The van der Waals surface area contributed by atoms with Crippen molar-refractivity contribution >= 4 is 5.97 Å². The van der Waals surface area contributed by atoms with Crippen LogP contribution in [-0.2, 0) is 6.54 Å². The molecule has 1 aromatic heterocycles. The number of imidazole rings is 1. The van der Waals surface area contributed by atoms with Crippen LogP contribution in [0.3, 0.4) is 0 Å². The molecule has 0 amide bonds. The molecule has 1 atom stereocenters. The quantitative estimate of drug-likeness (QED) is 0.861. The zero-order valence-corrected chi connectivity index (χ0v) is 10.2. The maximum atomic E-state index is 10.7. The van der Waals surface area contributed by atoms with Crippen LogP contribution in [0.1, 0.15) is 36.2 Å². The fourth-order valence-corrected chi connectivity index (χ4v) is 2.40. The first-order valence-electron chi connectivity index (χ1n) is 6.12. The molecule has 2 heterocycles. The molecular weight excluding hydrogens is 218 g/mol. The topological polar surface area (TPSA) is 58.4 Å². The van der Waals surface area contributed by atoms with Crippen LogP contribution >= 0.6 is 0 Å². The minimum Gasteiger partial charge on any atom is -0.476 e. The average Bonchev–Trinajstić information content (AvgIpc) is 2.77. The van der Waals surface area contributed by atoms with E-state index in [9.17, 15) is 4.79 Å². The molecular formula is C12H19N3O2. The first kappa shape index (κ1) is 12.1. The largest absolute Gasteiger partial charge is 0.476 e. The Kier molecular flexibility index (Phi) is 3.78. The zero-order valence-electron chi connectivity index (χ0n) is 10.2. The van der Waals surface area contributed by atoms with Crippen molar-refractivity contribution in [3.05, 3.63) is 18.2 Å². The van der Waals surface area contributed by atoms with Crippen LogP contribution in [0.2, 0.25) is 0 Å². The van der Waals surface area contributed by atoms with E-state index in [0.717, 1.165) is 13.0 Å². The van der Waals surface area contributed by atoms with Gasteiger partial charge in [0.15, 0.2) is 5.69 Å². The highest BCUT2D eigenvalue weighted by molar-refractivity contribution is 5.84. The Labute approximate surface area is 101 Å². The van der Waals surface area contributed by atoms with E-state index in [0.29, 0.717) is 6.04 Å². The minimum absolute atomic E-state index is 0.127. The van der Waals surface area contributed by atoms with E-state index >= 15 is 0 Å². The minimum atomic E-state index is -0.960. The monoisotopic (exact) mass is 237 g/mol. The Morgan fingerprint density at radius 3 is 3.06 bits per heavy atom. The molecule has 17 heavy (non-hydrogen) atoms. The van der Waals surface area contributed by atoms with Crippen molar-refractivity contribution in [2.75, 3.05) is 13.6 Å². The molecule has 0 bridgehead atoms. The van der Waals surface area contributed by atoms with Gasteiger partial charge in [0.2, 0.25) is 0 Å². The van der Waals surface area contributed by atoms with Crippen molar-refractivity contribution in [3.8, 4) is 0 Å². The number of aromatic carboxylic acids is 1. The molecule has 1 unspecified atom stereocenters. The van der Waals surface area contributed by atoms with Crippen molar-refractivity contribution in [2.24, 2.45) is 0 Å². The number of hydrogen-bond acceptors (Lipinski definition) is 3. The molecule has 1 aliphatic heterocycles. The second-order valence-corrected chi connectivity index (χ2v) is 4.72. The molecule has 1 aliphatic rings. The number of carboxylic acid groups (broad SMARTS) is 1. The number of aryl methyl sites for hydroxylation is 1. The smallest absolute Gasteiger partial charge is 0.356 e. The number of carboxylic acids is 1. The molecule has 1 saturated heterocycles. The zero-order chi connectivity index (χ0) is 12.3. The highest BCUT2D eigenvalue weighted by atomic mass is 16.4. The van der Waals surface area contributed by atoms with Gasteiger partial charge in [-0.2, -0.15) is 0 Å². The Morgan fingerprint density at radius 2 is 2.41 bits per heavy atom. The summed E-state index contributed by atoms with van der Waals surface area (Å²) in [6, 6.07) is 0.624. The summed E-state index contributed by atoms with van der Waals surface area (Å²) in [4.78, 5) is 16.9. The second kappa shape index (κ2) is 5.31. The number of piperidine rings is 1. The van der Waals surface area contributed by atoms with Gasteiger partial charge >= 0.3 is 5.97 Å². The lowest BCUT2D eigenvalue weighted by Crippen LogP contribution is -2.36. The summed E-state index contributed by atoms with van der Waals surface area (Å²) >= 11 is 0. The third-order valence-corrected chi connectivity index (χ3v) is 3.49. The molecule has 0 radical (unpaired) electrons. The lowest BCUT2D eigenvalue weighted by Gasteiger charge is -2.32. The third kappa shape index (κ3) is 3.06. The SMILES string of the molecule is CN1CCCCC1CCn1cnc(C(=O)O)c1. The van der Waals surface area contributed by atoms with E-state index < -0.39 is 5.97 Å². The van der Waals surface area contributed by atoms with Crippen molar-refractivity contribution < 1.29 is 9.90 Å². The molecule has 0 aliphatic carbocycles. The Balaban J connectivity index is 1.86. The highest BCUT2D eigenvalue weighted by Gasteiger charge is 2.18. The predicted octanol–water partition coefficient (Wildman–Crippen LogP) is 1.46. The fourth-order valence-electron chi connectivity index (χ4n) is 2.40. The fraction of sp³-hybridized carbons (Fsp3) is 0.667. The molecule has 1 N–H and O–H groups in total. The van der Waals surface area contributed by atoms with Crippen LogP contribution in [-0.4, -0.2) is 45.2 Å². The number of likely N-dealkylation sites (tertiary alicyclic amines) is 1. The maximum Gasteiger partial charge on any atom is 0.356 e. The van der Waals surface area contributed by atoms with Gasteiger partial charge in [0.05, 0.1) is 6.33 Å². The lowest BCUT2D eigenvalue weighted by atomic mass is 10.0. The van der Waals surface area contributed by atoms with Crippen LogP contribution in [0.15, 0.2) is 12.5 Å².